The number of hydrogen-bond acceptors (Lipinski definition) is 3. The first-order chi connectivity index (χ1) is 6.74. The third kappa shape index (κ3) is 3.64. The van der Waals surface area contributed by atoms with Crippen molar-refractivity contribution < 1.29 is 5.11 Å². The van der Waals surface area contributed by atoms with E-state index in [0.29, 0.717) is 6.54 Å². The van der Waals surface area contributed by atoms with E-state index in [1.165, 1.54) is 0 Å². The van der Waals surface area contributed by atoms with E-state index in [9.17, 15) is 5.11 Å². The van der Waals surface area contributed by atoms with Gasteiger partial charge >= 0.3 is 0 Å². The Hall–Kier alpha value is -0.610. The minimum absolute atomic E-state index is 0.278. The van der Waals surface area contributed by atoms with Gasteiger partial charge in [-0.2, -0.15) is 0 Å². The summed E-state index contributed by atoms with van der Waals surface area (Å²) < 4.78 is 0.920. The van der Waals surface area contributed by atoms with Crippen LogP contribution in [0.15, 0.2) is 22.9 Å². The minimum Gasteiger partial charge on any atom is -0.391 e. The molecule has 0 spiro atoms. The van der Waals surface area contributed by atoms with Gasteiger partial charge in [-0.25, -0.2) is 0 Å². The lowest BCUT2D eigenvalue weighted by Crippen LogP contribution is -2.19. The van der Waals surface area contributed by atoms with E-state index in [1.807, 2.05) is 6.07 Å². The minimum atomic E-state index is -0.278. The molecule has 1 unspecified atom stereocenters. The van der Waals surface area contributed by atoms with Crippen molar-refractivity contribution in [3.05, 3.63) is 22.9 Å². The summed E-state index contributed by atoms with van der Waals surface area (Å²) in [6.45, 7) is 2.64. The zero-order valence-corrected chi connectivity index (χ0v) is 9.79. The van der Waals surface area contributed by atoms with Crippen molar-refractivity contribution in [2.75, 3.05) is 11.9 Å². The van der Waals surface area contributed by atoms with Crippen LogP contribution in [0.2, 0.25) is 0 Å². The number of aliphatic hydroxyl groups excluding tert-OH is 1. The predicted octanol–water partition coefficient (Wildman–Crippen LogP) is 2.42. The summed E-state index contributed by atoms with van der Waals surface area (Å²) in [5.41, 5.74) is 0.968. The Balaban J connectivity index is 2.41. The van der Waals surface area contributed by atoms with E-state index in [4.69, 9.17) is 0 Å². The van der Waals surface area contributed by atoms with E-state index in [1.54, 1.807) is 12.4 Å². The molecule has 0 aliphatic rings. The summed E-state index contributed by atoms with van der Waals surface area (Å²) in [6, 6.07) is 1.88. The molecule has 1 heterocycles. The Kier molecular flexibility index (Phi) is 4.90. The Morgan fingerprint density at radius 2 is 2.43 bits per heavy atom. The predicted molar refractivity (Wildman–Crippen MR) is 61.3 cm³/mol. The molecule has 4 heteroatoms. The van der Waals surface area contributed by atoms with Gasteiger partial charge in [-0.1, -0.05) is 13.3 Å². The van der Waals surface area contributed by atoms with Crippen molar-refractivity contribution in [2.24, 2.45) is 0 Å². The first-order valence-electron chi connectivity index (χ1n) is 4.75. The zero-order chi connectivity index (χ0) is 10.4. The van der Waals surface area contributed by atoms with Crippen LogP contribution < -0.4 is 5.32 Å². The Morgan fingerprint density at radius 1 is 1.64 bits per heavy atom. The molecule has 0 aliphatic heterocycles. The number of nitrogens with zero attached hydrogens (tertiary/aromatic N) is 1. The lowest BCUT2D eigenvalue weighted by molar-refractivity contribution is 0.176. The van der Waals surface area contributed by atoms with Gasteiger partial charge in [0.2, 0.25) is 0 Å². The smallest absolute Gasteiger partial charge is 0.0712 e. The number of rotatable bonds is 5. The van der Waals surface area contributed by atoms with Crippen LogP contribution >= 0.6 is 15.9 Å². The van der Waals surface area contributed by atoms with Crippen molar-refractivity contribution >= 4 is 21.6 Å². The van der Waals surface area contributed by atoms with Crippen LogP contribution in [0.25, 0.3) is 0 Å². The number of halogens is 1. The van der Waals surface area contributed by atoms with Crippen LogP contribution in [0.1, 0.15) is 19.8 Å². The van der Waals surface area contributed by atoms with Gasteiger partial charge in [0, 0.05) is 18.9 Å². The highest BCUT2D eigenvalue weighted by Crippen LogP contribution is 2.19. The first-order valence-corrected chi connectivity index (χ1v) is 5.54. The van der Waals surface area contributed by atoms with E-state index in [0.717, 1.165) is 23.0 Å². The highest BCUT2D eigenvalue weighted by Gasteiger charge is 2.03. The summed E-state index contributed by atoms with van der Waals surface area (Å²) in [4.78, 5) is 3.96. The molecule has 0 amide bonds. The van der Waals surface area contributed by atoms with Crippen LogP contribution in [0.4, 0.5) is 5.69 Å². The van der Waals surface area contributed by atoms with Crippen molar-refractivity contribution in [2.45, 2.75) is 25.9 Å². The number of nitrogens with one attached hydrogen (secondary N) is 1. The maximum atomic E-state index is 9.51. The number of pyridine rings is 1. The lowest BCUT2D eigenvalue weighted by Gasteiger charge is -2.12. The van der Waals surface area contributed by atoms with E-state index < -0.39 is 0 Å². The summed E-state index contributed by atoms with van der Waals surface area (Å²) in [6.07, 6.45) is 5.00. The molecule has 0 aliphatic carbocycles. The molecule has 1 rings (SSSR count). The largest absolute Gasteiger partial charge is 0.391 e. The van der Waals surface area contributed by atoms with Gasteiger partial charge in [0.15, 0.2) is 0 Å². The lowest BCUT2D eigenvalue weighted by atomic mass is 10.2. The number of anilines is 1. The van der Waals surface area contributed by atoms with Crippen LogP contribution in [-0.2, 0) is 0 Å². The van der Waals surface area contributed by atoms with Gasteiger partial charge in [-0.05, 0) is 28.4 Å². The molecular formula is C10H15BrN2O. The van der Waals surface area contributed by atoms with E-state index in [-0.39, 0.29) is 6.10 Å². The maximum Gasteiger partial charge on any atom is 0.0712 e. The summed E-state index contributed by atoms with van der Waals surface area (Å²) in [5.74, 6) is 0. The van der Waals surface area contributed by atoms with Crippen molar-refractivity contribution in [1.82, 2.24) is 4.98 Å². The molecule has 14 heavy (non-hydrogen) atoms. The molecule has 0 aromatic carbocycles. The summed E-state index contributed by atoms with van der Waals surface area (Å²) in [7, 11) is 0. The number of aromatic nitrogens is 1. The molecule has 2 N–H and O–H groups in total. The average molecular weight is 259 g/mol. The van der Waals surface area contributed by atoms with Gasteiger partial charge in [0.05, 0.1) is 16.3 Å². The molecule has 78 valence electrons. The van der Waals surface area contributed by atoms with Crippen LogP contribution in [-0.4, -0.2) is 22.7 Å². The van der Waals surface area contributed by atoms with E-state index in [2.05, 4.69) is 33.2 Å². The summed E-state index contributed by atoms with van der Waals surface area (Å²) >= 11 is 3.38. The molecule has 0 fully saturated rings. The maximum absolute atomic E-state index is 9.51. The topological polar surface area (TPSA) is 45.1 Å². The molecule has 1 aromatic rings. The van der Waals surface area contributed by atoms with Crippen LogP contribution in [0.3, 0.4) is 0 Å². The Morgan fingerprint density at radius 3 is 3.07 bits per heavy atom. The standard InChI is InChI=1S/C10H15BrN2O/c1-2-3-8(14)6-13-10-4-5-12-7-9(10)11/h4-5,7-8,14H,2-3,6H2,1H3,(H,12,13). The Bertz CT molecular complexity index is 281. The monoisotopic (exact) mass is 258 g/mol. The fourth-order valence-corrected chi connectivity index (χ4v) is 1.57. The number of aliphatic hydroxyl groups is 1. The quantitative estimate of drug-likeness (QED) is 0.853. The normalized spacial score (nSPS) is 12.5. The molecular weight excluding hydrogens is 244 g/mol. The second kappa shape index (κ2) is 5.98. The molecule has 3 nitrogen and oxygen atoms in total. The van der Waals surface area contributed by atoms with Gasteiger partial charge in [-0.3, -0.25) is 4.98 Å². The zero-order valence-electron chi connectivity index (χ0n) is 8.20. The molecule has 0 saturated heterocycles. The third-order valence-corrected chi connectivity index (χ3v) is 2.55. The second-order valence-electron chi connectivity index (χ2n) is 3.18. The molecule has 0 saturated carbocycles. The first kappa shape index (κ1) is 11.5. The second-order valence-corrected chi connectivity index (χ2v) is 4.03. The Labute approximate surface area is 92.7 Å². The average Bonchev–Trinajstić information content (AvgIpc) is 2.17. The van der Waals surface area contributed by atoms with Crippen LogP contribution in [0.5, 0.6) is 0 Å². The van der Waals surface area contributed by atoms with Gasteiger partial charge in [0.25, 0.3) is 0 Å². The molecule has 1 atom stereocenters. The van der Waals surface area contributed by atoms with Crippen molar-refractivity contribution in [1.29, 1.82) is 0 Å². The molecule has 1 aromatic heterocycles. The van der Waals surface area contributed by atoms with Crippen LogP contribution in [0, 0.1) is 0 Å². The SMILES string of the molecule is CCCC(O)CNc1ccncc1Br. The highest BCUT2D eigenvalue weighted by molar-refractivity contribution is 9.10. The van der Waals surface area contributed by atoms with Crippen molar-refractivity contribution in [3.8, 4) is 0 Å². The third-order valence-electron chi connectivity index (χ3n) is 1.92. The van der Waals surface area contributed by atoms with Gasteiger partial charge < -0.3 is 10.4 Å². The van der Waals surface area contributed by atoms with E-state index >= 15 is 0 Å². The molecule has 0 radical (unpaired) electrons. The fourth-order valence-electron chi connectivity index (χ4n) is 1.18. The highest BCUT2D eigenvalue weighted by atomic mass is 79.9. The summed E-state index contributed by atoms with van der Waals surface area (Å²) in [5, 5.41) is 12.7. The van der Waals surface area contributed by atoms with Crippen molar-refractivity contribution in [3.63, 3.8) is 0 Å². The van der Waals surface area contributed by atoms with Gasteiger partial charge in [-0.15, -0.1) is 0 Å². The number of hydrogen-bond donors (Lipinski definition) is 2. The van der Waals surface area contributed by atoms with Gasteiger partial charge in [0.1, 0.15) is 0 Å². The molecule has 0 bridgehead atoms. The fraction of sp³-hybridized carbons (Fsp3) is 0.500.